The first-order valence-corrected chi connectivity index (χ1v) is 12.0. The topological polar surface area (TPSA) is 87.1 Å². The second-order valence-corrected chi connectivity index (χ2v) is 9.14. The summed E-state index contributed by atoms with van der Waals surface area (Å²) in [5, 5.41) is 12.0. The van der Waals surface area contributed by atoms with Gasteiger partial charge >= 0.3 is 11.3 Å². The van der Waals surface area contributed by atoms with E-state index in [0.717, 1.165) is 24.2 Å². The maximum Gasteiger partial charge on any atom is 0.344 e. The lowest BCUT2D eigenvalue weighted by atomic mass is 9.99. The van der Waals surface area contributed by atoms with Gasteiger partial charge in [0.25, 0.3) is 0 Å². The van der Waals surface area contributed by atoms with Gasteiger partial charge in [-0.15, -0.1) is 0 Å². The maximum absolute atomic E-state index is 13.3. The molecule has 1 N–H and O–H groups in total. The first kappa shape index (κ1) is 23.0. The van der Waals surface area contributed by atoms with Crippen molar-refractivity contribution in [3.8, 4) is 16.9 Å². The Balaban J connectivity index is 1.35. The molecule has 0 atom stereocenters. The highest BCUT2D eigenvalue weighted by Crippen LogP contribution is 2.34. The Morgan fingerprint density at radius 3 is 2.38 bits per heavy atom. The Morgan fingerprint density at radius 2 is 1.59 bits per heavy atom. The Labute approximate surface area is 210 Å². The molecule has 0 unspecified atom stereocenters. The molecule has 0 radical (unpaired) electrons. The van der Waals surface area contributed by atoms with Crippen molar-refractivity contribution in [1.29, 1.82) is 0 Å². The van der Waals surface area contributed by atoms with E-state index in [2.05, 4.69) is 9.80 Å². The summed E-state index contributed by atoms with van der Waals surface area (Å²) in [6, 6.07) is 19.8. The Morgan fingerprint density at radius 1 is 0.838 bits per heavy atom. The molecular formula is C29H23FN2O5. The van der Waals surface area contributed by atoms with Gasteiger partial charge in [0.15, 0.2) is 0 Å². The molecule has 6 rings (SSSR count). The van der Waals surface area contributed by atoms with Crippen LogP contribution in [0.5, 0.6) is 5.75 Å². The van der Waals surface area contributed by atoms with Crippen molar-refractivity contribution in [3.63, 3.8) is 0 Å². The number of para-hydroxylation sites is 1. The summed E-state index contributed by atoms with van der Waals surface area (Å²) in [7, 11) is 0. The lowest BCUT2D eigenvalue weighted by Crippen LogP contribution is -2.46. The molecule has 1 aliphatic heterocycles. The molecule has 0 spiro atoms. The van der Waals surface area contributed by atoms with Gasteiger partial charge in [-0.25, -0.2) is 14.0 Å². The molecule has 7 nitrogen and oxygen atoms in total. The average molecular weight is 499 g/mol. The number of piperazine rings is 1. The highest BCUT2D eigenvalue weighted by Gasteiger charge is 2.22. The standard InChI is InChI=1S/C29H23FN2O5/c30-19-5-7-20(8-6-19)32-13-11-31(12-14-32)17-24-25(33)10-9-21-22(16-27(34)37-28(21)24)23-15-18-3-1-2-4-26(18)36-29(23)35/h1-10,15-16,33H,11-14,17H2. The monoisotopic (exact) mass is 498 g/mol. The molecule has 2 aromatic heterocycles. The van der Waals surface area contributed by atoms with E-state index >= 15 is 0 Å². The van der Waals surface area contributed by atoms with Crippen molar-refractivity contribution >= 4 is 27.6 Å². The lowest BCUT2D eigenvalue weighted by molar-refractivity contribution is 0.246. The van der Waals surface area contributed by atoms with Gasteiger partial charge in [0.2, 0.25) is 0 Å². The van der Waals surface area contributed by atoms with Crippen LogP contribution < -0.4 is 16.2 Å². The van der Waals surface area contributed by atoms with Gasteiger partial charge in [-0.1, -0.05) is 18.2 Å². The number of aromatic hydroxyl groups is 1. The highest BCUT2D eigenvalue weighted by atomic mass is 19.1. The number of phenolic OH excluding ortho intramolecular Hbond substituents is 1. The van der Waals surface area contributed by atoms with Crippen LogP contribution in [0.1, 0.15) is 5.56 Å². The number of rotatable bonds is 4. The molecule has 3 aromatic carbocycles. The first-order valence-electron chi connectivity index (χ1n) is 12.0. The van der Waals surface area contributed by atoms with E-state index < -0.39 is 11.3 Å². The molecule has 5 aromatic rings. The van der Waals surface area contributed by atoms with Crippen molar-refractivity contribution in [2.75, 3.05) is 31.1 Å². The maximum atomic E-state index is 13.3. The molecule has 1 saturated heterocycles. The van der Waals surface area contributed by atoms with Crippen LogP contribution in [0, 0.1) is 5.82 Å². The van der Waals surface area contributed by atoms with Gasteiger partial charge in [0.05, 0.1) is 11.1 Å². The van der Waals surface area contributed by atoms with Crippen molar-refractivity contribution < 1.29 is 18.3 Å². The van der Waals surface area contributed by atoms with E-state index in [1.807, 2.05) is 12.1 Å². The molecule has 1 aliphatic rings. The Kier molecular flexibility index (Phi) is 5.73. The fraction of sp³-hybridized carbons (Fsp3) is 0.172. The number of hydrogen-bond donors (Lipinski definition) is 1. The molecule has 1 fully saturated rings. The SMILES string of the molecule is O=c1cc(-c2cc3ccccc3oc2=O)c2ccc(O)c(CN3CCN(c4ccc(F)cc4)CC3)c2o1. The summed E-state index contributed by atoms with van der Waals surface area (Å²) < 4.78 is 24.4. The summed E-state index contributed by atoms with van der Waals surface area (Å²) in [6.45, 7) is 3.21. The second kappa shape index (κ2) is 9.22. The summed E-state index contributed by atoms with van der Waals surface area (Å²) in [5.74, 6) is -0.254. The third-order valence-electron chi connectivity index (χ3n) is 6.87. The van der Waals surface area contributed by atoms with E-state index in [9.17, 15) is 19.1 Å². The molecule has 186 valence electrons. The summed E-state index contributed by atoms with van der Waals surface area (Å²) in [6.07, 6.45) is 0. The van der Waals surface area contributed by atoms with Gasteiger partial charge in [0, 0.05) is 60.8 Å². The molecule has 0 bridgehead atoms. The number of hydrogen-bond acceptors (Lipinski definition) is 7. The van der Waals surface area contributed by atoms with Crippen molar-refractivity contribution in [2.45, 2.75) is 6.54 Å². The van der Waals surface area contributed by atoms with Crippen LogP contribution in [0.4, 0.5) is 10.1 Å². The van der Waals surface area contributed by atoms with Crippen LogP contribution in [0.3, 0.4) is 0 Å². The van der Waals surface area contributed by atoms with Crippen molar-refractivity contribution in [3.05, 3.63) is 105 Å². The molecular weight excluding hydrogens is 475 g/mol. The summed E-state index contributed by atoms with van der Waals surface area (Å²) in [4.78, 5) is 29.8. The van der Waals surface area contributed by atoms with Crippen molar-refractivity contribution in [1.82, 2.24) is 4.90 Å². The zero-order valence-electron chi connectivity index (χ0n) is 19.8. The fourth-order valence-corrected chi connectivity index (χ4v) is 4.94. The molecule has 8 heteroatoms. The van der Waals surface area contributed by atoms with Gasteiger partial charge in [-0.3, -0.25) is 4.90 Å². The van der Waals surface area contributed by atoms with Crippen LogP contribution >= 0.6 is 0 Å². The summed E-state index contributed by atoms with van der Waals surface area (Å²) >= 11 is 0. The second-order valence-electron chi connectivity index (χ2n) is 9.14. The van der Waals surface area contributed by atoms with Gasteiger partial charge in [-0.2, -0.15) is 0 Å². The van der Waals surface area contributed by atoms with Crippen LogP contribution in [0.15, 0.2) is 91.2 Å². The Hall–Kier alpha value is -4.43. The largest absolute Gasteiger partial charge is 0.507 e. The molecule has 3 heterocycles. The van der Waals surface area contributed by atoms with Gasteiger partial charge < -0.3 is 18.8 Å². The minimum absolute atomic E-state index is 0.0133. The Bertz CT molecular complexity index is 1730. The fourth-order valence-electron chi connectivity index (χ4n) is 4.94. The van der Waals surface area contributed by atoms with Crippen LogP contribution in [-0.2, 0) is 6.54 Å². The van der Waals surface area contributed by atoms with E-state index in [4.69, 9.17) is 8.83 Å². The number of halogens is 1. The molecule has 37 heavy (non-hydrogen) atoms. The quantitative estimate of drug-likeness (QED) is 0.359. The van der Waals surface area contributed by atoms with E-state index in [-0.39, 0.29) is 22.7 Å². The summed E-state index contributed by atoms with van der Waals surface area (Å²) in [5.41, 5.74) is 1.61. The van der Waals surface area contributed by atoms with E-state index in [1.165, 1.54) is 18.2 Å². The molecule has 0 aliphatic carbocycles. The van der Waals surface area contributed by atoms with E-state index in [0.29, 0.717) is 41.7 Å². The zero-order chi connectivity index (χ0) is 25.5. The van der Waals surface area contributed by atoms with Gasteiger partial charge in [0.1, 0.15) is 22.7 Å². The number of benzene rings is 3. The minimum Gasteiger partial charge on any atom is -0.507 e. The van der Waals surface area contributed by atoms with Crippen LogP contribution in [0.2, 0.25) is 0 Å². The van der Waals surface area contributed by atoms with Crippen LogP contribution in [-0.4, -0.2) is 36.2 Å². The number of anilines is 1. The third kappa shape index (κ3) is 4.36. The number of fused-ring (bicyclic) bond motifs is 2. The smallest absolute Gasteiger partial charge is 0.344 e. The predicted octanol–water partition coefficient (Wildman–Crippen LogP) is 4.73. The molecule has 0 amide bonds. The first-order chi connectivity index (χ1) is 18.0. The van der Waals surface area contributed by atoms with Gasteiger partial charge in [-0.05, 0) is 48.5 Å². The highest BCUT2D eigenvalue weighted by molar-refractivity contribution is 5.97. The van der Waals surface area contributed by atoms with E-state index in [1.54, 1.807) is 42.5 Å². The zero-order valence-corrected chi connectivity index (χ0v) is 19.8. The average Bonchev–Trinajstić information content (AvgIpc) is 2.90. The third-order valence-corrected chi connectivity index (χ3v) is 6.87. The lowest BCUT2D eigenvalue weighted by Gasteiger charge is -2.36. The van der Waals surface area contributed by atoms with Crippen molar-refractivity contribution in [2.24, 2.45) is 0 Å². The normalized spacial score (nSPS) is 14.5. The molecule has 0 saturated carbocycles. The number of phenols is 1. The minimum atomic E-state index is -0.622. The number of nitrogens with zero attached hydrogens (tertiary/aromatic N) is 2. The predicted molar refractivity (Wildman–Crippen MR) is 140 cm³/mol. The van der Waals surface area contributed by atoms with Crippen LogP contribution in [0.25, 0.3) is 33.1 Å².